The normalized spacial score (nSPS) is 11.4. The predicted octanol–water partition coefficient (Wildman–Crippen LogP) is 6.16. The van der Waals surface area contributed by atoms with Crippen LogP contribution in [-0.4, -0.2) is 41.6 Å². The summed E-state index contributed by atoms with van der Waals surface area (Å²) in [5.74, 6) is 0.820. The van der Waals surface area contributed by atoms with Crippen LogP contribution in [0.4, 0.5) is 5.69 Å². The Bertz CT molecular complexity index is 1180. The largest absolute Gasteiger partial charge is 0.497 e. The van der Waals surface area contributed by atoms with Gasteiger partial charge in [0, 0.05) is 41.6 Å². The summed E-state index contributed by atoms with van der Waals surface area (Å²) in [5.41, 5.74) is 4.00. The number of aromatic nitrogens is 2. The van der Waals surface area contributed by atoms with Crippen LogP contribution in [0.5, 0.6) is 5.75 Å². The van der Waals surface area contributed by atoms with E-state index in [1.807, 2.05) is 54.7 Å². The minimum Gasteiger partial charge on any atom is -0.497 e. The van der Waals surface area contributed by atoms with Crippen molar-refractivity contribution in [3.63, 3.8) is 0 Å². The fourth-order valence-corrected chi connectivity index (χ4v) is 4.20. The third-order valence-electron chi connectivity index (χ3n) is 5.55. The van der Waals surface area contributed by atoms with Gasteiger partial charge in [0.2, 0.25) is 0 Å². The molecule has 5 nitrogen and oxygen atoms in total. The molecule has 166 valence electrons. The van der Waals surface area contributed by atoms with Gasteiger partial charge in [0.1, 0.15) is 5.75 Å². The molecule has 1 N–H and O–H groups in total. The molecule has 0 saturated carbocycles. The third-order valence-corrected chi connectivity index (χ3v) is 5.78. The Morgan fingerprint density at radius 3 is 2.69 bits per heavy atom. The molecule has 0 aliphatic rings. The van der Waals surface area contributed by atoms with Crippen LogP contribution in [0.2, 0.25) is 5.02 Å². The first-order valence-electron chi connectivity index (χ1n) is 11.1. The van der Waals surface area contributed by atoms with Crippen molar-refractivity contribution in [1.82, 2.24) is 14.9 Å². The van der Waals surface area contributed by atoms with Crippen molar-refractivity contribution < 1.29 is 4.74 Å². The maximum absolute atomic E-state index is 6.24. The molecular formula is C26H29ClN4O. The van der Waals surface area contributed by atoms with E-state index in [0.29, 0.717) is 5.02 Å². The number of anilines is 1. The summed E-state index contributed by atoms with van der Waals surface area (Å²) in [7, 11) is 1.69. The molecule has 6 heteroatoms. The van der Waals surface area contributed by atoms with Gasteiger partial charge in [-0.1, -0.05) is 24.6 Å². The second kappa shape index (κ2) is 10.6. The molecule has 0 spiro atoms. The molecule has 0 aliphatic carbocycles. The zero-order valence-electron chi connectivity index (χ0n) is 18.6. The van der Waals surface area contributed by atoms with Crippen molar-refractivity contribution in [1.29, 1.82) is 0 Å². The molecular weight excluding hydrogens is 420 g/mol. The van der Waals surface area contributed by atoms with Crippen LogP contribution in [-0.2, 0) is 6.54 Å². The molecule has 4 aromatic rings. The predicted molar refractivity (Wildman–Crippen MR) is 134 cm³/mol. The number of hydrogen-bond acceptors (Lipinski definition) is 5. The Balaban J connectivity index is 1.52. The standard InChI is InChI=1S/C26H29ClN4O/c1-3-14-31(18-20-7-4-5-12-28-20)15-6-13-29-26-22-10-8-19(27)16-25(22)30-24-11-9-21(32-2)17-23(24)26/h4-5,7-12,16-17H,3,6,13-15,18H2,1-2H3,(H,29,30). The monoisotopic (exact) mass is 448 g/mol. The van der Waals surface area contributed by atoms with Gasteiger partial charge in [-0.15, -0.1) is 0 Å². The van der Waals surface area contributed by atoms with Crippen molar-refractivity contribution >= 4 is 39.1 Å². The number of halogens is 1. The van der Waals surface area contributed by atoms with Crippen molar-refractivity contribution in [3.05, 3.63) is 71.5 Å². The minimum atomic E-state index is 0.688. The van der Waals surface area contributed by atoms with Crippen LogP contribution in [0.25, 0.3) is 21.8 Å². The summed E-state index contributed by atoms with van der Waals surface area (Å²) in [6.07, 6.45) is 4.01. The molecule has 2 aromatic carbocycles. The molecule has 0 amide bonds. The fourth-order valence-electron chi connectivity index (χ4n) is 4.04. The van der Waals surface area contributed by atoms with Gasteiger partial charge >= 0.3 is 0 Å². The van der Waals surface area contributed by atoms with Crippen molar-refractivity contribution in [2.45, 2.75) is 26.3 Å². The molecule has 0 bridgehead atoms. The number of hydrogen-bond donors (Lipinski definition) is 1. The van der Waals surface area contributed by atoms with E-state index < -0.39 is 0 Å². The van der Waals surface area contributed by atoms with Crippen LogP contribution in [0.1, 0.15) is 25.5 Å². The van der Waals surface area contributed by atoms with Crippen LogP contribution in [0, 0.1) is 0 Å². The molecule has 0 aliphatic heterocycles. The smallest absolute Gasteiger partial charge is 0.119 e. The van der Waals surface area contributed by atoms with E-state index in [2.05, 4.69) is 28.2 Å². The van der Waals surface area contributed by atoms with Crippen molar-refractivity contribution in [2.24, 2.45) is 0 Å². The molecule has 0 atom stereocenters. The van der Waals surface area contributed by atoms with Gasteiger partial charge in [-0.2, -0.15) is 0 Å². The zero-order chi connectivity index (χ0) is 22.3. The maximum atomic E-state index is 6.24. The van der Waals surface area contributed by atoms with Gasteiger partial charge in [-0.3, -0.25) is 9.88 Å². The van der Waals surface area contributed by atoms with Gasteiger partial charge in [0.15, 0.2) is 0 Å². The number of fused-ring (bicyclic) bond motifs is 2. The van der Waals surface area contributed by atoms with Crippen molar-refractivity contribution in [3.8, 4) is 5.75 Å². The summed E-state index contributed by atoms with van der Waals surface area (Å²) in [6, 6.07) is 18.0. The SMILES string of the molecule is CCCN(CCCNc1c2ccc(Cl)cc2nc2ccc(OC)cc12)Cc1ccccn1. The Labute approximate surface area is 194 Å². The number of rotatable bonds is 10. The first-order valence-corrected chi connectivity index (χ1v) is 11.5. The quantitative estimate of drug-likeness (QED) is 0.232. The van der Waals surface area contributed by atoms with Crippen molar-refractivity contribution in [2.75, 3.05) is 32.1 Å². The van der Waals surface area contributed by atoms with Crippen LogP contribution < -0.4 is 10.1 Å². The summed E-state index contributed by atoms with van der Waals surface area (Å²) >= 11 is 6.24. The van der Waals surface area contributed by atoms with Gasteiger partial charge in [-0.25, -0.2) is 4.98 Å². The van der Waals surface area contributed by atoms with Gasteiger partial charge < -0.3 is 10.1 Å². The second-order valence-corrected chi connectivity index (χ2v) is 8.35. The van der Waals surface area contributed by atoms with E-state index in [4.69, 9.17) is 21.3 Å². The van der Waals surface area contributed by atoms with E-state index >= 15 is 0 Å². The lowest BCUT2D eigenvalue weighted by Gasteiger charge is -2.22. The second-order valence-electron chi connectivity index (χ2n) is 7.91. The molecule has 0 radical (unpaired) electrons. The molecule has 4 rings (SSSR count). The third kappa shape index (κ3) is 5.29. The first kappa shape index (κ1) is 22.3. The highest BCUT2D eigenvalue weighted by Crippen LogP contribution is 2.34. The molecule has 0 unspecified atom stereocenters. The molecule has 2 aromatic heterocycles. The number of nitrogens with zero attached hydrogens (tertiary/aromatic N) is 3. The Morgan fingerprint density at radius 2 is 1.91 bits per heavy atom. The number of benzene rings is 2. The highest BCUT2D eigenvalue weighted by Gasteiger charge is 2.11. The molecule has 0 fully saturated rings. The lowest BCUT2D eigenvalue weighted by molar-refractivity contribution is 0.262. The topological polar surface area (TPSA) is 50.3 Å². The average Bonchev–Trinajstić information content (AvgIpc) is 2.81. The number of pyridine rings is 2. The van der Waals surface area contributed by atoms with E-state index in [1.165, 1.54) is 0 Å². The van der Waals surface area contributed by atoms with E-state index in [0.717, 1.165) is 78.0 Å². The Kier molecular flexibility index (Phi) is 7.40. The minimum absolute atomic E-state index is 0.688. The summed E-state index contributed by atoms with van der Waals surface area (Å²) in [5, 5.41) is 6.49. The van der Waals surface area contributed by atoms with Crippen LogP contribution >= 0.6 is 11.6 Å². The lowest BCUT2D eigenvalue weighted by atomic mass is 10.1. The lowest BCUT2D eigenvalue weighted by Crippen LogP contribution is -2.27. The first-order chi connectivity index (χ1) is 15.7. The Morgan fingerprint density at radius 1 is 1.00 bits per heavy atom. The fraction of sp³-hybridized carbons (Fsp3) is 0.308. The van der Waals surface area contributed by atoms with E-state index in [-0.39, 0.29) is 0 Å². The highest BCUT2D eigenvalue weighted by molar-refractivity contribution is 6.31. The maximum Gasteiger partial charge on any atom is 0.119 e. The zero-order valence-corrected chi connectivity index (χ0v) is 19.4. The molecule has 32 heavy (non-hydrogen) atoms. The highest BCUT2D eigenvalue weighted by atomic mass is 35.5. The van der Waals surface area contributed by atoms with E-state index in [9.17, 15) is 0 Å². The molecule has 2 heterocycles. The number of nitrogens with one attached hydrogen (secondary N) is 1. The summed E-state index contributed by atoms with van der Waals surface area (Å²) in [4.78, 5) is 11.8. The average molecular weight is 449 g/mol. The van der Waals surface area contributed by atoms with Gasteiger partial charge in [-0.05, 0) is 67.9 Å². The van der Waals surface area contributed by atoms with Crippen LogP contribution in [0.3, 0.4) is 0 Å². The summed E-state index contributed by atoms with van der Waals surface area (Å²) < 4.78 is 5.46. The van der Waals surface area contributed by atoms with Crippen LogP contribution in [0.15, 0.2) is 60.8 Å². The van der Waals surface area contributed by atoms with Gasteiger partial charge in [0.05, 0.1) is 29.5 Å². The van der Waals surface area contributed by atoms with E-state index in [1.54, 1.807) is 7.11 Å². The summed E-state index contributed by atoms with van der Waals surface area (Å²) in [6.45, 7) is 6.03. The van der Waals surface area contributed by atoms with Gasteiger partial charge in [0.25, 0.3) is 0 Å². The number of ether oxygens (including phenoxy) is 1. The Hall–Kier alpha value is -2.89. The molecule has 0 saturated heterocycles. The number of methoxy groups -OCH3 is 1.